The molecule has 2 heterocycles. The van der Waals surface area contributed by atoms with Gasteiger partial charge >= 0.3 is 0 Å². The van der Waals surface area contributed by atoms with Gasteiger partial charge in [0.05, 0.1) is 7.11 Å². The molecule has 154 valence electrons. The summed E-state index contributed by atoms with van der Waals surface area (Å²) < 4.78 is 6.47. The summed E-state index contributed by atoms with van der Waals surface area (Å²) in [4.78, 5) is 15.5. The van der Waals surface area contributed by atoms with Crippen LogP contribution in [-0.4, -0.2) is 18.1 Å². The standard InChI is InChI=1S/C25H26N2O2S/c1-29-21-12-11-20-23(18-13-14-30-24(18)25(28)27-20)22(21)17-9-6-15(7-10-17)5-8-16-3-2-4-19(16)26/h6-7,9-14,16,19H,2-5,8,26H2,1H3,(H,27,28). The summed E-state index contributed by atoms with van der Waals surface area (Å²) in [6, 6.07) is 15.0. The van der Waals surface area contributed by atoms with Gasteiger partial charge in [0.1, 0.15) is 10.4 Å². The molecule has 1 aliphatic carbocycles. The molecule has 0 radical (unpaired) electrons. The number of methoxy groups -OCH3 is 1. The Morgan fingerprint density at radius 3 is 2.70 bits per heavy atom. The Kier molecular flexibility index (Phi) is 5.09. The van der Waals surface area contributed by atoms with Gasteiger partial charge in [-0.25, -0.2) is 0 Å². The van der Waals surface area contributed by atoms with Crippen LogP contribution < -0.4 is 16.0 Å². The van der Waals surface area contributed by atoms with Crippen molar-refractivity contribution in [1.29, 1.82) is 0 Å². The van der Waals surface area contributed by atoms with Crippen LogP contribution in [0.2, 0.25) is 0 Å². The van der Waals surface area contributed by atoms with Crippen molar-refractivity contribution >= 4 is 32.3 Å². The number of aryl methyl sites for hydroxylation is 1. The zero-order valence-electron chi connectivity index (χ0n) is 17.1. The minimum atomic E-state index is -0.0379. The second-order valence-corrected chi connectivity index (χ2v) is 9.19. The number of fused-ring (bicyclic) bond motifs is 3. The van der Waals surface area contributed by atoms with Gasteiger partial charge in [-0.15, -0.1) is 11.3 Å². The molecule has 0 spiro atoms. The lowest BCUT2D eigenvalue weighted by Gasteiger charge is -2.16. The summed E-state index contributed by atoms with van der Waals surface area (Å²) in [6.07, 6.45) is 5.93. The molecule has 2 aromatic carbocycles. The minimum absolute atomic E-state index is 0.0379. The van der Waals surface area contributed by atoms with Gasteiger partial charge in [-0.3, -0.25) is 4.79 Å². The number of rotatable bonds is 5. The highest BCUT2D eigenvalue weighted by Crippen LogP contribution is 2.40. The number of H-pyrrole nitrogens is 1. The van der Waals surface area contributed by atoms with Crippen LogP contribution in [-0.2, 0) is 6.42 Å². The maximum Gasteiger partial charge on any atom is 0.266 e. The van der Waals surface area contributed by atoms with Crippen LogP contribution in [0.4, 0.5) is 0 Å². The summed E-state index contributed by atoms with van der Waals surface area (Å²) in [6.45, 7) is 0. The fraction of sp³-hybridized carbons (Fsp3) is 0.320. The van der Waals surface area contributed by atoms with Gasteiger partial charge in [0.2, 0.25) is 0 Å². The Hall–Kier alpha value is -2.63. The van der Waals surface area contributed by atoms with Gasteiger partial charge in [0.15, 0.2) is 0 Å². The van der Waals surface area contributed by atoms with Crippen LogP contribution >= 0.6 is 11.3 Å². The van der Waals surface area contributed by atoms with Crippen LogP contribution in [0.1, 0.15) is 31.2 Å². The maximum absolute atomic E-state index is 12.4. The van der Waals surface area contributed by atoms with E-state index in [4.69, 9.17) is 10.5 Å². The highest BCUT2D eigenvalue weighted by Gasteiger charge is 2.23. The molecule has 2 aromatic heterocycles. The molecule has 0 aliphatic heterocycles. The Morgan fingerprint density at radius 2 is 1.97 bits per heavy atom. The monoisotopic (exact) mass is 418 g/mol. The third kappa shape index (κ3) is 3.32. The number of ether oxygens (including phenoxy) is 1. The number of nitrogens with two attached hydrogens (primary N) is 1. The second-order valence-electron chi connectivity index (χ2n) is 8.27. The van der Waals surface area contributed by atoms with Crippen LogP contribution in [0.3, 0.4) is 0 Å². The Bertz CT molecular complexity index is 1260. The van der Waals surface area contributed by atoms with Gasteiger partial charge < -0.3 is 15.5 Å². The lowest BCUT2D eigenvalue weighted by Crippen LogP contribution is -2.24. The molecule has 1 saturated carbocycles. The molecule has 4 nitrogen and oxygen atoms in total. The van der Waals surface area contributed by atoms with E-state index >= 15 is 0 Å². The summed E-state index contributed by atoms with van der Waals surface area (Å²) in [5.41, 5.74) is 10.5. The van der Waals surface area contributed by atoms with Gasteiger partial charge in [-0.05, 0) is 66.3 Å². The molecule has 0 saturated heterocycles. The number of thiophene rings is 1. The van der Waals surface area contributed by atoms with E-state index in [9.17, 15) is 4.79 Å². The fourth-order valence-corrected chi connectivity index (χ4v) is 5.69. The number of hydrogen-bond donors (Lipinski definition) is 2. The number of aromatic nitrogens is 1. The molecule has 4 aromatic rings. The van der Waals surface area contributed by atoms with E-state index in [2.05, 4.69) is 29.2 Å². The predicted octanol–water partition coefficient (Wildman–Crippen LogP) is 5.48. The highest BCUT2D eigenvalue weighted by molar-refractivity contribution is 7.17. The fourth-order valence-electron chi connectivity index (χ4n) is 4.90. The lowest BCUT2D eigenvalue weighted by molar-refractivity contribution is 0.417. The molecule has 1 aliphatic rings. The van der Waals surface area contributed by atoms with Crippen molar-refractivity contribution in [3.63, 3.8) is 0 Å². The average molecular weight is 419 g/mol. The molecule has 3 N–H and O–H groups in total. The summed E-state index contributed by atoms with van der Waals surface area (Å²) in [5.74, 6) is 1.47. The molecule has 5 heteroatoms. The number of aromatic amines is 1. The molecular formula is C25H26N2O2S. The van der Waals surface area contributed by atoms with E-state index in [1.54, 1.807) is 7.11 Å². The van der Waals surface area contributed by atoms with Gasteiger partial charge in [0.25, 0.3) is 5.56 Å². The van der Waals surface area contributed by atoms with Crippen LogP contribution in [0.5, 0.6) is 5.75 Å². The van der Waals surface area contributed by atoms with Crippen molar-refractivity contribution in [2.75, 3.05) is 7.11 Å². The molecule has 0 bridgehead atoms. The molecule has 0 amide bonds. The van der Waals surface area contributed by atoms with Gasteiger partial charge in [-0.1, -0.05) is 30.7 Å². The zero-order chi connectivity index (χ0) is 20.7. The van der Waals surface area contributed by atoms with Crippen LogP contribution in [0, 0.1) is 5.92 Å². The van der Waals surface area contributed by atoms with Crippen molar-refractivity contribution in [1.82, 2.24) is 4.98 Å². The number of nitrogens with one attached hydrogen (secondary N) is 1. The zero-order valence-corrected chi connectivity index (χ0v) is 17.9. The Labute approximate surface area is 179 Å². The average Bonchev–Trinajstić information content (AvgIpc) is 3.41. The number of hydrogen-bond acceptors (Lipinski definition) is 4. The first kappa shape index (κ1) is 19.3. The van der Waals surface area contributed by atoms with Crippen LogP contribution in [0.15, 0.2) is 52.6 Å². The Morgan fingerprint density at radius 1 is 1.13 bits per heavy atom. The third-order valence-electron chi connectivity index (χ3n) is 6.54. The second kappa shape index (κ2) is 7.89. The van der Waals surface area contributed by atoms with E-state index in [0.29, 0.717) is 12.0 Å². The van der Waals surface area contributed by atoms with Gasteiger partial charge in [0, 0.05) is 27.9 Å². The van der Waals surface area contributed by atoms with Crippen molar-refractivity contribution in [3.8, 4) is 16.9 Å². The van der Waals surface area contributed by atoms with Crippen molar-refractivity contribution in [2.45, 2.75) is 38.1 Å². The van der Waals surface area contributed by atoms with Crippen molar-refractivity contribution in [2.24, 2.45) is 11.7 Å². The van der Waals surface area contributed by atoms with Gasteiger partial charge in [-0.2, -0.15) is 0 Å². The molecule has 5 rings (SSSR count). The minimum Gasteiger partial charge on any atom is -0.496 e. The summed E-state index contributed by atoms with van der Waals surface area (Å²) in [5, 5.41) is 3.99. The largest absolute Gasteiger partial charge is 0.496 e. The predicted molar refractivity (Wildman–Crippen MR) is 126 cm³/mol. The first-order valence-electron chi connectivity index (χ1n) is 10.6. The van der Waals surface area contributed by atoms with Crippen molar-refractivity contribution in [3.05, 3.63) is 63.8 Å². The quantitative estimate of drug-likeness (QED) is 0.451. The van der Waals surface area contributed by atoms with E-state index in [1.165, 1.54) is 36.2 Å². The first-order chi connectivity index (χ1) is 14.7. The number of pyridine rings is 1. The first-order valence-corrected chi connectivity index (χ1v) is 11.5. The summed E-state index contributed by atoms with van der Waals surface area (Å²) in [7, 11) is 1.69. The van der Waals surface area contributed by atoms with E-state index in [1.807, 2.05) is 23.6 Å². The maximum atomic E-state index is 12.4. The van der Waals surface area contributed by atoms with Crippen molar-refractivity contribution < 1.29 is 4.74 Å². The van der Waals surface area contributed by atoms with E-state index < -0.39 is 0 Å². The molecular weight excluding hydrogens is 392 g/mol. The highest BCUT2D eigenvalue weighted by atomic mass is 32.1. The third-order valence-corrected chi connectivity index (χ3v) is 7.45. The molecule has 2 unspecified atom stereocenters. The Balaban J connectivity index is 1.55. The summed E-state index contributed by atoms with van der Waals surface area (Å²) >= 11 is 1.47. The SMILES string of the molecule is COc1ccc2[nH]c(=O)c3sccc3c2c1-c1ccc(CCC2CCCC2N)cc1. The van der Waals surface area contributed by atoms with E-state index in [0.717, 1.165) is 50.7 Å². The molecule has 1 fully saturated rings. The lowest BCUT2D eigenvalue weighted by atomic mass is 9.93. The number of benzene rings is 2. The topological polar surface area (TPSA) is 68.1 Å². The molecule has 2 atom stereocenters. The smallest absolute Gasteiger partial charge is 0.266 e. The van der Waals surface area contributed by atoms with Crippen LogP contribution in [0.25, 0.3) is 32.1 Å². The molecule has 30 heavy (non-hydrogen) atoms. The van der Waals surface area contributed by atoms with E-state index in [-0.39, 0.29) is 5.56 Å². The normalized spacial score (nSPS) is 19.0.